The summed E-state index contributed by atoms with van der Waals surface area (Å²) in [5.74, 6) is 0. The summed E-state index contributed by atoms with van der Waals surface area (Å²) in [7, 11) is 0. The van der Waals surface area contributed by atoms with Gasteiger partial charge in [-0.25, -0.2) is 0 Å². The molecular formula is C19H14Cl2N2. The van der Waals surface area contributed by atoms with E-state index < -0.39 is 0 Å². The van der Waals surface area contributed by atoms with Gasteiger partial charge in [0.15, 0.2) is 0 Å². The number of rotatable bonds is 4. The minimum Gasteiger partial charge on any atom is -0.278 e. The molecule has 1 N–H and O–H groups in total. The molecule has 3 aromatic carbocycles. The number of nitrogens with zero attached hydrogens (tertiary/aromatic N) is 1. The first kappa shape index (κ1) is 15.6. The summed E-state index contributed by atoms with van der Waals surface area (Å²) in [4.78, 5) is 0. The maximum absolute atomic E-state index is 5.98. The van der Waals surface area contributed by atoms with Crippen LogP contribution in [0.5, 0.6) is 0 Å². The average Bonchev–Trinajstić information content (AvgIpc) is 2.59. The van der Waals surface area contributed by atoms with Crippen LogP contribution in [0.3, 0.4) is 0 Å². The van der Waals surface area contributed by atoms with Crippen LogP contribution in [0.1, 0.15) is 11.1 Å². The summed E-state index contributed by atoms with van der Waals surface area (Å²) in [6.45, 7) is 0. The fraction of sp³-hybridized carbons (Fsp3) is 0. The summed E-state index contributed by atoms with van der Waals surface area (Å²) >= 11 is 12.0. The molecule has 0 bridgehead atoms. The van der Waals surface area contributed by atoms with Gasteiger partial charge in [0.2, 0.25) is 0 Å². The lowest BCUT2D eigenvalue weighted by Crippen LogP contribution is -2.06. The molecule has 3 rings (SSSR count). The number of halogens is 2. The van der Waals surface area contributed by atoms with Crippen molar-refractivity contribution in [3.05, 3.63) is 100 Å². The molecule has 0 atom stereocenters. The largest absolute Gasteiger partial charge is 0.278 e. The van der Waals surface area contributed by atoms with Gasteiger partial charge in [-0.2, -0.15) is 5.10 Å². The van der Waals surface area contributed by atoms with E-state index in [0.29, 0.717) is 10.0 Å². The third-order valence-corrected chi connectivity index (χ3v) is 3.81. The van der Waals surface area contributed by atoms with E-state index in [0.717, 1.165) is 22.5 Å². The average molecular weight is 341 g/mol. The van der Waals surface area contributed by atoms with Gasteiger partial charge >= 0.3 is 0 Å². The minimum atomic E-state index is 0.695. The van der Waals surface area contributed by atoms with Gasteiger partial charge in [-0.1, -0.05) is 65.7 Å². The molecule has 114 valence electrons. The first-order chi connectivity index (χ1) is 11.2. The van der Waals surface area contributed by atoms with E-state index in [4.69, 9.17) is 23.2 Å². The van der Waals surface area contributed by atoms with Gasteiger partial charge in [0.05, 0.1) is 11.4 Å². The monoisotopic (exact) mass is 340 g/mol. The van der Waals surface area contributed by atoms with E-state index in [1.165, 1.54) is 0 Å². The molecule has 0 heterocycles. The Balaban J connectivity index is 1.99. The second-order valence-electron chi connectivity index (χ2n) is 4.95. The first-order valence-electron chi connectivity index (χ1n) is 7.13. The van der Waals surface area contributed by atoms with E-state index >= 15 is 0 Å². The van der Waals surface area contributed by atoms with Crippen LogP contribution in [0, 0.1) is 0 Å². The van der Waals surface area contributed by atoms with E-state index in [1.807, 2.05) is 78.9 Å². The fourth-order valence-electron chi connectivity index (χ4n) is 2.14. The molecule has 0 unspecified atom stereocenters. The molecule has 23 heavy (non-hydrogen) atoms. The minimum absolute atomic E-state index is 0.695. The Morgan fingerprint density at radius 1 is 0.652 bits per heavy atom. The van der Waals surface area contributed by atoms with E-state index in [-0.39, 0.29) is 0 Å². The van der Waals surface area contributed by atoms with Gasteiger partial charge in [-0.15, -0.1) is 0 Å². The topological polar surface area (TPSA) is 24.4 Å². The molecule has 0 aliphatic heterocycles. The number of hydrazone groups is 1. The van der Waals surface area contributed by atoms with Crippen molar-refractivity contribution in [2.45, 2.75) is 0 Å². The standard InChI is InChI=1S/C19H14Cl2N2/c20-16-10-6-14(7-11-16)19(15-8-12-17(21)13-9-15)23-22-18-4-2-1-3-5-18/h1-13,22H. The molecule has 0 saturated heterocycles. The summed E-state index contributed by atoms with van der Waals surface area (Å²) in [6.07, 6.45) is 0. The molecule has 0 aliphatic rings. The third-order valence-electron chi connectivity index (χ3n) is 3.31. The Bertz CT molecular complexity index is 748. The number of para-hydroxylation sites is 1. The fourth-order valence-corrected chi connectivity index (χ4v) is 2.40. The number of anilines is 1. The Kier molecular flexibility index (Phi) is 4.96. The van der Waals surface area contributed by atoms with E-state index in [9.17, 15) is 0 Å². The van der Waals surface area contributed by atoms with Crippen molar-refractivity contribution >= 4 is 34.6 Å². The van der Waals surface area contributed by atoms with Crippen LogP contribution in [0.25, 0.3) is 0 Å². The van der Waals surface area contributed by atoms with E-state index in [1.54, 1.807) is 0 Å². The van der Waals surface area contributed by atoms with Crippen molar-refractivity contribution in [3.8, 4) is 0 Å². The van der Waals surface area contributed by atoms with Gasteiger partial charge in [0.1, 0.15) is 0 Å². The molecule has 4 heteroatoms. The summed E-state index contributed by atoms with van der Waals surface area (Å²) in [5.41, 5.74) is 6.78. The Morgan fingerprint density at radius 3 is 1.61 bits per heavy atom. The number of benzene rings is 3. The van der Waals surface area contributed by atoms with Crippen molar-refractivity contribution in [1.82, 2.24) is 0 Å². The number of hydrogen-bond donors (Lipinski definition) is 1. The van der Waals surface area contributed by atoms with Gasteiger partial charge in [-0.3, -0.25) is 5.43 Å². The lowest BCUT2D eigenvalue weighted by molar-refractivity contribution is 1.32. The van der Waals surface area contributed by atoms with Gasteiger partial charge in [-0.05, 0) is 36.4 Å². The predicted octanol–water partition coefficient (Wildman–Crippen LogP) is 5.86. The molecule has 0 radical (unpaired) electrons. The highest BCUT2D eigenvalue weighted by molar-refractivity contribution is 6.31. The van der Waals surface area contributed by atoms with E-state index in [2.05, 4.69) is 10.5 Å². The van der Waals surface area contributed by atoms with Crippen LogP contribution < -0.4 is 5.43 Å². The second-order valence-corrected chi connectivity index (χ2v) is 5.82. The van der Waals surface area contributed by atoms with Crippen molar-refractivity contribution in [2.75, 3.05) is 5.43 Å². The molecule has 3 aromatic rings. The zero-order chi connectivity index (χ0) is 16.1. The van der Waals surface area contributed by atoms with Crippen LogP contribution in [-0.2, 0) is 0 Å². The number of hydrogen-bond acceptors (Lipinski definition) is 2. The van der Waals surface area contributed by atoms with Gasteiger partial charge in [0, 0.05) is 21.2 Å². The Labute approximate surface area is 145 Å². The summed E-state index contributed by atoms with van der Waals surface area (Å²) in [6, 6.07) is 25.0. The van der Waals surface area contributed by atoms with Crippen LogP contribution >= 0.6 is 23.2 Å². The van der Waals surface area contributed by atoms with Crippen LogP contribution in [0.2, 0.25) is 10.0 Å². The predicted molar refractivity (Wildman–Crippen MR) is 98.6 cm³/mol. The molecule has 0 fully saturated rings. The maximum Gasteiger partial charge on any atom is 0.0978 e. The van der Waals surface area contributed by atoms with Crippen molar-refractivity contribution in [3.63, 3.8) is 0 Å². The van der Waals surface area contributed by atoms with Crippen molar-refractivity contribution in [2.24, 2.45) is 5.10 Å². The summed E-state index contributed by atoms with van der Waals surface area (Å²) < 4.78 is 0. The first-order valence-corrected chi connectivity index (χ1v) is 7.88. The molecule has 0 saturated carbocycles. The maximum atomic E-state index is 5.98. The zero-order valence-corrected chi connectivity index (χ0v) is 13.7. The Hall–Kier alpha value is -2.29. The third kappa shape index (κ3) is 4.13. The highest BCUT2D eigenvalue weighted by Crippen LogP contribution is 2.17. The van der Waals surface area contributed by atoms with Crippen LogP contribution in [0.4, 0.5) is 5.69 Å². The normalized spacial score (nSPS) is 10.2. The van der Waals surface area contributed by atoms with Crippen LogP contribution in [-0.4, -0.2) is 5.71 Å². The second kappa shape index (κ2) is 7.32. The van der Waals surface area contributed by atoms with Crippen molar-refractivity contribution < 1.29 is 0 Å². The zero-order valence-electron chi connectivity index (χ0n) is 12.2. The quantitative estimate of drug-likeness (QED) is 0.467. The lowest BCUT2D eigenvalue weighted by Gasteiger charge is -2.09. The Morgan fingerprint density at radius 2 is 1.13 bits per heavy atom. The molecule has 0 aliphatic carbocycles. The molecular weight excluding hydrogens is 327 g/mol. The SMILES string of the molecule is Clc1ccc(C(=NNc2ccccc2)c2ccc(Cl)cc2)cc1. The molecule has 2 nitrogen and oxygen atoms in total. The number of nitrogens with one attached hydrogen (secondary N) is 1. The van der Waals surface area contributed by atoms with Crippen LogP contribution in [0.15, 0.2) is 84.0 Å². The lowest BCUT2D eigenvalue weighted by atomic mass is 10.0. The van der Waals surface area contributed by atoms with Crippen molar-refractivity contribution in [1.29, 1.82) is 0 Å². The highest BCUT2D eigenvalue weighted by Gasteiger charge is 2.07. The molecule has 0 spiro atoms. The summed E-state index contributed by atoms with van der Waals surface area (Å²) in [5, 5.41) is 5.96. The van der Waals surface area contributed by atoms with Gasteiger partial charge in [0.25, 0.3) is 0 Å². The molecule has 0 amide bonds. The highest BCUT2D eigenvalue weighted by atomic mass is 35.5. The molecule has 0 aromatic heterocycles. The van der Waals surface area contributed by atoms with Gasteiger partial charge < -0.3 is 0 Å². The smallest absolute Gasteiger partial charge is 0.0978 e.